The van der Waals surface area contributed by atoms with Gasteiger partial charge in [0.05, 0.1) is 12.6 Å². The lowest BCUT2D eigenvalue weighted by molar-refractivity contribution is -0.133. The second kappa shape index (κ2) is 8.13. The van der Waals surface area contributed by atoms with Gasteiger partial charge in [-0.05, 0) is 54.9 Å². The summed E-state index contributed by atoms with van der Waals surface area (Å²) in [6.45, 7) is 1.78. The Bertz CT molecular complexity index is 967. The quantitative estimate of drug-likeness (QED) is 0.829. The van der Waals surface area contributed by atoms with E-state index in [4.69, 9.17) is 4.74 Å². The second-order valence-electron chi connectivity index (χ2n) is 8.68. The Kier molecular flexibility index (Phi) is 5.19. The molecule has 5 nitrogen and oxygen atoms in total. The molecule has 1 N–H and O–H groups in total. The van der Waals surface area contributed by atoms with Crippen LogP contribution >= 0.6 is 0 Å². The van der Waals surface area contributed by atoms with E-state index in [1.54, 1.807) is 0 Å². The number of ether oxygens (including phenoxy) is 1. The van der Waals surface area contributed by atoms with Crippen molar-refractivity contribution < 1.29 is 14.3 Å². The molecule has 2 aliphatic carbocycles. The van der Waals surface area contributed by atoms with E-state index in [-0.39, 0.29) is 23.8 Å². The number of hydrogen-bond donors (Lipinski definition) is 1. The summed E-state index contributed by atoms with van der Waals surface area (Å²) < 4.78 is 5.86. The number of carbonyl (C=O) groups excluding carboxylic acids is 2. The van der Waals surface area contributed by atoms with E-state index in [0.717, 1.165) is 42.6 Å². The minimum absolute atomic E-state index is 0.0911. The maximum absolute atomic E-state index is 12.6. The molecule has 30 heavy (non-hydrogen) atoms. The van der Waals surface area contributed by atoms with Gasteiger partial charge in [-0.1, -0.05) is 36.4 Å². The van der Waals surface area contributed by atoms with Crippen LogP contribution in [0.3, 0.4) is 0 Å². The molecule has 5 rings (SSSR count). The lowest BCUT2D eigenvalue weighted by Crippen LogP contribution is -2.33. The summed E-state index contributed by atoms with van der Waals surface area (Å²) in [6.07, 6.45) is 5.19. The lowest BCUT2D eigenvalue weighted by Gasteiger charge is -2.19. The van der Waals surface area contributed by atoms with Gasteiger partial charge in [0.2, 0.25) is 11.8 Å². The van der Waals surface area contributed by atoms with Crippen molar-refractivity contribution in [3.05, 3.63) is 64.7 Å². The van der Waals surface area contributed by atoms with Crippen molar-refractivity contribution in [1.29, 1.82) is 0 Å². The van der Waals surface area contributed by atoms with Gasteiger partial charge in [-0.3, -0.25) is 9.59 Å². The molecule has 1 atom stereocenters. The van der Waals surface area contributed by atoms with Crippen LogP contribution in [-0.4, -0.2) is 29.9 Å². The first kappa shape index (κ1) is 19.2. The standard InChI is InChI=1S/C25H28N2O3/c28-24(26-22-10-9-18-3-1-2-4-21(18)22)12-6-17-5-11-23-20(15-17)16-27(13-14-30-23)25(29)19-7-8-19/h1-5,11,15,19,22H,6-10,12-14,16H2,(H,26,28). The van der Waals surface area contributed by atoms with Crippen molar-refractivity contribution in [2.75, 3.05) is 13.2 Å². The Balaban J connectivity index is 1.20. The number of rotatable bonds is 5. The molecule has 156 valence electrons. The highest BCUT2D eigenvalue weighted by molar-refractivity contribution is 5.81. The number of nitrogens with zero attached hydrogens (tertiary/aromatic N) is 1. The summed E-state index contributed by atoms with van der Waals surface area (Å²) in [5, 5.41) is 3.20. The predicted octanol–water partition coefficient (Wildman–Crippen LogP) is 3.55. The summed E-state index contributed by atoms with van der Waals surface area (Å²) in [7, 11) is 0. The highest BCUT2D eigenvalue weighted by atomic mass is 16.5. The molecule has 0 bridgehead atoms. The van der Waals surface area contributed by atoms with Crippen LogP contribution in [-0.2, 0) is 29.0 Å². The normalized spacial score (nSPS) is 20.0. The van der Waals surface area contributed by atoms with Gasteiger partial charge in [0.25, 0.3) is 0 Å². The van der Waals surface area contributed by atoms with Gasteiger partial charge in [-0.2, -0.15) is 0 Å². The average Bonchev–Trinajstić information content (AvgIpc) is 3.56. The molecular weight excluding hydrogens is 376 g/mol. The number of carbonyl (C=O) groups is 2. The molecule has 2 amide bonds. The summed E-state index contributed by atoms with van der Waals surface area (Å²) in [4.78, 5) is 27.0. The number of hydrogen-bond acceptors (Lipinski definition) is 3. The summed E-state index contributed by atoms with van der Waals surface area (Å²) in [6, 6.07) is 14.6. The van der Waals surface area contributed by atoms with Gasteiger partial charge in [0.1, 0.15) is 12.4 Å². The summed E-state index contributed by atoms with van der Waals surface area (Å²) >= 11 is 0. The van der Waals surface area contributed by atoms with E-state index in [2.05, 4.69) is 29.6 Å². The third-order valence-corrected chi connectivity index (χ3v) is 6.45. The van der Waals surface area contributed by atoms with Gasteiger partial charge in [0.15, 0.2) is 0 Å². The first-order valence-corrected chi connectivity index (χ1v) is 11.1. The maximum atomic E-state index is 12.6. The predicted molar refractivity (Wildman–Crippen MR) is 114 cm³/mol. The van der Waals surface area contributed by atoms with Gasteiger partial charge in [0, 0.05) is 24.4 Å². The monoisotopic (exact) mass is 404 g/mol. The minimum Gasteiger partial charge on any atom is -0.491 e. The van der Waals surface area contributed by atoms with Crippen LogP contribution in [0, 0.1) is 5.92 Å². The highest BCUT2D eigenvalue weighted by Crippen LogP contribution is 2.33. The van der Waals surface area contributed by atoms with E-state index in [1.807, 2.05) is 23.1 Å². The Morgan fingerprint density at radius 3 is 2.80 bits per heavy atom. The zero-order valence-electron chi connectivity index (χ0n) is 17.2. The Hall–Kier alpha value is -2.82. The van der Waals surface area contributed by atoms with Crippen molar-refractivity contribution in [2.45, 2.75) is 51.1 Å². The van der Waals surface area contributed by atoms with E-state index in [0.29, 0.717) is 32.5 Å². The summed E-state index contributed by atoms with van der Waals surface area (Å²) in [5.41, 5.74) is 4.76. The van der Waals surface area contributed by atoms with Gasteiger partial charge in [-0.25, -0.2) is 0 Å². The molecule has 1 fully saturated rings. The van der Waals surface area contributed by atoms with Crippen LogP contribution in [0.4, 0.5) is 0 Å². The molecule has 1 unspecified atom stereocenters. The van der Waals surface area contributed by atoms with Crippen molar-refractivity contribution in [3.8, 4) is 5.75 Å². The fraction of sp³-hybridized carbons (Fsp3) is 0.440. The molecule has 3 aliphatic rings. The van der Waals surface area contributed by atoms with E-state index < -0.39 is 0 Å². The lowest BCUT2D eigenvalue weighted by atomic mass is 10.0. The molecule has 1 saturated carbocycles. The maximum Gasteiger partial charge on any atom is 0.226 e. The van der Waals surface area contributed by atoms with Crippen LogP contribution in [0.15, 0.2) is 42.5 Å². The molecule has 0 saturated heterocycles. The smallest absolute Gasteiger partial charge is 0.226 e. The Labute approximate surface area is 177 Å². The Morgan fingerprint density at radius 1 is 1.07 bits per heavy atom. The van der Waals surface area contributed by atoms with Crippen molar-refractivity contribution in [2.24, 2.45) is 5.92 Å². The van der Waals surface area contributed by atoms with E-state index >= 15 is 0 Å². The van der Waals surface area contributed by atoms with Crippen molar-refractivity contribution >= 4 is 11.8 Å². The number of nitrogens with one attached hydrogen (secondary N) is 1. The van der Waals surface area contributed by atoms with Crippen LogP contribution in [0.1, 0.15) is 54.0 Å². The molecule has 2 aromatic carbocycles. The molecule has 0 spiro atoms. The highest BCUT2D eigenvalue weighted by Gasteiger charge is 2.34. The van der Waals surface area contributed by atoms with Crippen LogP contribution in [0.25, 0.3) is 0 Å². The van der Waals surface area contributed by atoms with Gasteiger partial charge < -0.3 is 15.0 Å². The zero-order chi connectivity index (χ0) is 20.5. The third-order valence-electron chi connectivity index (χ3n) is 6.45. The zero-order valence-corrected chi connectivity index (χ0v) is 17.2. The van der Waals surface area contributed by atoms with E-state index in [1.165, 1.54) is 11.1 Å². The molecular formula is C25H28N2O3. The Morgan fingerprint density at radius 2 is 1.93 bits per heavy atom. The van der Waals surface area contributed by atoms with Crippen LogP contribution in [0.5, 0.6) is 5.75 Å². The molecule has 0 radical (unpaired) electrons. The molecule has 2 aromatic rings. The fourth-order valence-electron chi connectivity index (χ4n) is 4.61. The van der Waals surface area contributed by atoms with Gasteiger partial charge in [-0.15, -0.1) is 0 Å². The minimum atomic E-state index is 0.0911. The van der Waals surface area contributed by atoms with Crippen LogP contribution in [0.2, 0.25) is 0 Å². The number of aryl methyl sites for hydroxylation is 2. The first-order valence-electron chi connectivity index (χ1n) is 11.1. The van der Waals surface area contributed by atoms with Crippen molar-refractivity contribution in [1.82, 2.24) is 10.2 Å². The van der Waals surface area contributed by atoms with Crippen LogP contribution < -0.4 is 10.1 Å². The molecule has 1 heterocycles. The van der Waals surface area contributed by atoms with Gasteiger partial charge >= 0.3 is 0 Å². The second-order valence-corrected chi connectivity index (χ2v) is 8.68. The summed E-state index contributed by atoms with van der Waals surface area (Å²) in [5.74, 6) is 1.43. The van der Waals surface area contributed by atoms with E-state index in [9.17, 15) is 9.59 Å². The first-order chi connectivity index (χ1) is 14.7. The SMILES string of the molecule is O=C(CCc1ccc2c(c1)CN(C(=O)C1CC1)CCO2)NC1CCc2ccccc21. The number of amides is 2. The fourth-order valence-corrected chi connectivity index (χ4v) is 4.61. The number of fused-ring (bicyclic) bond motifs is 2. The molecule has 5 heteroatoms. The molecule has 0 aromatic heterocycles. The third kappa shape index (κ3) is 4.07. The van der Waals surface area contributed by atoms with Crippen molar-refractivity contribution in [3.63, 3.8) is 0 Å². The number of benzene rings is 2. The topological polar surface area (TPSA) is 58.6 Å². The molecule has 1 aliphatic heterocycles. The average molecular weight is 405 g/mol. The largest absolute Gasteiger partial charge is 0.491 e.